The maximum absolute atomic E-state index is 5.34. The largest absolute Gasteiger partial charge is 0.495 e. The number of rotatable bonds is 2. The fraction of sp³-hybridized carbons (Fsp3) is 0.231. The van der Waals surface area contributed by atoms with Gasteiger partial charge in [0, 0.05) is 21.9 Å². The zero-order valence-electron chi connectivity index (χ0n) is 9.92. The number of ether oxygens (including phenoxy) is 1. The van der Waals surface area contributed by atoms with Gasteiger partial charge in [-0.1, -0.05) is 0 Å². The summed E-state index contributed by atoms with van der Waals surface area (Å²) in [6.07, 6.45) is 0. The highest BCUT2D eigenvalue weighted by Crippen LogP contribution is 2.34. The summed E-state index contributed by atoms with van der Waals surface area (Å²) in [4.78, 5) is 0. The quantitative estimate of drug-likeness (QED) is 0.763. The molecule has 2 nitrogen and oxygen atoms in total. The van der Waals surface area contributed by atoms with Crippen molar-refractivity contribution < 1.29 is 4.74 Å². The number of methoxy groups -OCH3 is 1. The van der Waals surface area contributed by atoms with Crippen LogP contribution in [0.2, 0.25) is 0 Å². The molecule has 1 aromatic carbocycles. The minimum absolute atomic E-state index is 0.829. The van der Waals surface area contributed by atoms with Crippen LogP contribution >= 0.6 is 31.9 Å². The van der Waals surface area contributed by atoms with Gasteiger partial charge in [0.1, 0.15) is 5.75 Å². The van der Waals surface area contributed by atoms with Crippen molar-refractivity contribution in [1.82, 2.24) is 4.57 Å². The number of nitrogens with zero attached hydrogens (tertiary/aromatic N) is 1. The number of hydrogen-bond acceptors (Lipinski definition) is 1. The molecule has 1 aromatic heterocycles. The van der Waals surface area contributed by atoms with Crippen LogP contribution in [0.1, 0.15) is 11.4 Å². The summed E-state index contributed by atoms with van der Waals surface area (Å²) < 4.78 is 9.51. The molecular formula is C13H13Br2NO. The van der Waals surface area contributed by atoms with E-state index in [1.54, 1.807) is 7.11 Å². The molecule has 0 fully saturated rings. The van der Waals surface area contributed by atoms with Gasteiger partial charge in [-0.3, -0.25) is 0 Å². The Morgan fingerprint density at radius 1 is 1.00 bits per heavy atom. The number of hydrogen-bond donors (Lipinski definition) is 0. The normalized spacial score (nSPS) is 10.6. The Hall–Kier alpha value is -0.740. The molecule has 17 heavy (non-hydrogen) atoms. The zero-order valence-corrected chi connectivity index (χ0v) is 13.1. The van der Waals surface area contributed by atoms with Gasteiger partial charge in [0.2, 0.25) is 0 Å². The highest BCUT2D eigenvalue weighted by atomic mass is 79.9. The zero-order chi connectivity index (χ0) is 12.6. The van der Waals surface area contributed by atoms with Gasteiger partial charge in [0.05, 0.1) is 17.3 Å². The predicted octanol–water partition coefficient (Wildman–Crippen LogP) is 4.63. The Morgan fingerprint density at radius 2 is 1.59 bits per heavy atom. The van der Waals surface area contributed by atoms with E-state index in [4.69, 9.17) is 4.74 Å². The van der Waals surface area contributed by atoms with Crippen LogP contribution in [0.15, 0.2) is 33.2 Å². The lowest BCUT2D eigenvalue weighted by atomic mass is 10.3. The molecule has 1 heterocycles. The van der Waals surface area contributed by atoms with Gasteiger partial charge < -0.3 is 9.30 Å². The van der Waals surface area contributed by atoms with Crippen molar-refractivity contribution in [3.63, 3.8) is 0 Å². The molecule has 0 atom stereocenters. The van der Waals surface area contributed by atoms with Gasteiger partial charge in [-0.15, -0.1) is 0 Å². The first-order valence-electron chi connectivity index (χ1n) is 5.23. The molecular weight excluding hydrogens is 346 g/mol. The Labute approximate surface area is 118 Å². The fourth-order valence-corrected chi connectivity index (χ4v) is 3.23. The Bertz CT molecular complexity index is 541. The molecule has 0 spiro atoms. The van der Waals surface area contributed by atoms with Crippen LogP contribution in [0.4, 0.5) is 0 Å². The third-order valence-electron chi connectivity index (χ3n) is 2.73. The molecule has 0 radical (unpaired) electrons. The molecule has 0 N–H and O–H groups in total. The van der Waals surface area contributed by atoms with Gasteiger partial charge in [0.15, 0.2) is 0 Å². The van der Waals surface area contributed by atoms with Crippen LogP contribution in [0, 0.1) is 13.8 Å². The highest BCUT2D eigenvalue weighted by Gasteiger charge is 2.11. The second kappa shape index (κ2) is 4.86. The predicted molar refractivity (Wildman–Crippen MR) is 77.2 cm³/mol. The van der Waals surface area contributed by atoms with E-state index in [2.05, 4.69) is 62.4 Å². The van der Waals surface area contributed by atoms with E-state index in [0.29, 0.717) is 0 Å². The number of aromatic nitrogens is 1. The van der Waals surface area contributed by atoms with Crippen LogP contribution in [0.5, 0.6) is 5.75 Å². The Kier molecular flexibility index (Phi) is 3.64. The summed E-state index contributed by atoms with van der Waals surface area (Å²) in [5, 5.41) is 0. The molecule has 0 aliphatic carbocycles. The molecule has 0 aliphatic heterocycles. The smallest absolute Gasteiger partial charge is 0.135 e. The highest BCUT2D eigenvalue weighted by molar-refractivity contribution is 9.11. The second-order valence-corrected chi connectivity index (χ2v) is 5.60. The van der Waals surface area contributed by atoms with Crippen molar-refractivity contribution in [2.24, 2.45) is 0 Å². The van der Waals surface area contributed by atoms with Crippen LogP contribution in [-0.2, 0) is 0 Å². The van der Waals surface area contributed by atoms with E-state index in [0.717, 1.165) is 20.4 Å². The summed E-state index contributed by atoms with van der Waals surface area (Å²) in [7, 11) is 1.67. The Morgan fingerprint density at radius 3 is 2.12 bits per heavy atom. The van der Waals surface area contributed by atoms with Crippen molar-refractivity contribution in [3.8, 4) is 11.4 Å². The molecule has 4 heteroatoms. The standard InChI is InChI=1S/C13H13Br2NO/c1-8-4-5-9(2)16(8)12-7-13(17-3)11(15)6-10(12)14/h4-7H,1-3H3. The minimum atomic E-state index is 0.829. The molecule has 0 aliphatic rings. The third-order valence-corrected chi connectivity index (χ3v) is 3.99. The lowest BCUT2D eigenvalue weighted by Crippen LogP contribution is -2.00. The van der Waals surface area contributed by atoms with Crippen molar-refractivity contribution in [1.29, 1.82) is 0 Å². The molecule has 2 rings (SSSR count). The van der Waals surface area contributed by atoms with Crippen LogP contribution < -0.4 is 4.74 Å². The molecule has 90 valence electrons. The fourth-order valence-electron chi connectivity index (χ4n) is 1.89. The van der Waals surface area contributed by atoms with Crippen LogP contribution in [0.3, 0.4) is 0 Å². The maximum atomic E-state index is 5.34. The first kappa shape index (κ1) is 12.7. The van der Waals surface area contributed by atoms with Crippen molar-refractivity contribution >= 4 is 31.9 Å². The monoisotopic (exact) mass is 357 g/mol. The average Bonchev–Trinajstić information content (AvgIpc) is 2.60. The summed E-state index contributed by atoms with van der Waals surface area (Å²) in [5.41, 5.74) is 3.49. The van der Waals surface area contributed by atoms with E-state index in [9.17, 15) is 0 Å². The maximum Gasteiger partial charge on any atom is 0.135 e. The van der Waals surface area contributed by atoms with E-state index in [1.165, 1.54) is 11.4 Å². The lowest BCUT2D eigenvalue weighted by Gasteiger charge is -2.14. The van der Waals surface area contributed by atoms with Gasteiger partial charge in [-0.05, 0) is 63.9 Å². The van der Waals surface area contributed by atoms with E-state index in [1.807, 2.05) is 12.1 Å². The molecule has 2 aromatic rings. The summed E-state index contributed by atoms with van der Waals surface area (Å²) in [6, 6.07) is 8.24. The van der Waals surface area contributed by atoms with Crippen molar-refractivity contribution in [2.75, 3.05) is 7.11 Å². The van der Waals surface area contributed by atoms with Crippen molar-refractivity contribution in [2.45, 2.75) is 13.8 Å². The van der Waals surface area contributed by atoms with Gasteiger partial charge in [-0.25, -0.2) is 0 Å². The van der Waals surface area contributed by atoms with Crippen molar-refractivity contribution in [3.05, 3.63) is 44.6 Å². The summed E-state index contributed by atoms with van der Waals surface area (Å²) >= 11 is 7.07. The molecule has 0 bridgehead atoms. The first-order valence-corrected chi connectivity index (χ1v) is 6.81. The van der Waals surface area contributed by atoms with Gasteiger partial charge in [0.25, 0.3) is 0 Å². The molecule has 0 saturated heterocycles. The Balaban J connectivity index is 2.67. The van der Waals surface area contributed by atoms with Crippen LogP contribution in [0.25, 0.3) is 5.69 Å². The minimum Gasteiger partial charge on any atom is -0.495 e. The number of benzene rings is 1. The first-order chi connectivity index (χ1) is 8.04. The number of aryl methyl sites for hydroxylation is 2. The summed E-state index contributed by atoms with van der Waals surface area (Å²) in [5.74, 6) is 0.829. The van der Waals surface area contributed by atoms with E-state index < -0.39 is 0 Å². The molecule has 0 unspecified atom stereocenters. The SMILES string of the molecule is COc1cc(-n2c(C)ccc2C)c(Br)cc1Br. The van der Waals surface area contributed by atoms with E-state index >= 15 is 0 Å². The lowest BCUT2D eigenvalue weighted by molar-refractivity contribution is 0.412. The topological polar surface area (TPSA) is 14.2 Å². The number of halogens is 2. The molecule has 0 saturated carbocycles. The van der Waals surface area contributed by atoms with Gasteiger partial charge >= 0.3 is 0 Å². The average molecular weight is 359 g/mol. The van der Waals surface area contributed by atoms with Crippen LogP contribution in [-0.4, -0.2) is 11.7 Å². The molecule has 0 amide bonds. The van der Waals surface area contributed by atoms with Gasteiger partial charge in [-0.2, -0.15) is 0 Å². The van der Waals surface area contributed by atoms with E-state index in [-0.39, 0.29) is 0 Å². The third kappa shape index (κ3) is 2.29. The summed E-state index contributed by atoms with van der Waals surface area (Å²) in [6.45, 7) is 4.18. The second-order valence-electron chi connectivity index (χ2n) is 3.89.